The second-order valence-corrected chi connectivity index (χ2v) is 8.23. The lowest BCUT2D eigenvalue weighted by Gasteiger charge is -2.48. The normalized spacial score (nSPS) is 25.6. The fraction of sp³-hybridized carbons (Fsp3) is 0.636. The van der Waals surface area contributed by atoms with Crippen LogP contribution in [0.4, 0.5) is 0 Å². The smallest absolute Gasteiger partial charge is 0.246 e. The Labute approximate surface area is 162 Å². The maximum atomic E-state index is 13.3. The molecule has 2 aliphatic rings. The Morgan fingerprint density at radius 1 is 1.19 bits per heavy atom. The number of amides is 2. The van der Waals surface area contributed by atoms with Gasteiger partial charge in [0.2, 0.25) is 11.8 Å². The highest BCUT2D eigenvalue weighted by Gasteiger charge is 2.47. The lowest BCUT2D eigenvalue weighted by molar-refractivity contribution is -0.163. The van der Waals surface area contributed by atoms with Gasteiger partial charge in [-0.05, 0) is 18.4 Å². The highest BCUT2D eigenvalue weighted by Crippen LogP contribution is 2.42. The summed E-state index contributed by atoms with van der Waals surface area (Å²) in [4.78, 5) is 30.2. The monoisotopic (exact) mass is 372 g/mol. The number of rotatable bonds is 6. The molecule has 3 rings (SSSR count). The van der Waals surface area contributed by atoms with Gasteiger partial charge in [0.05, 0.1) is 19.2 Å². The van der Waals surface area contributed by atoms with E-state index in [1.54, 1.807) is 4.90 Å². The second kappa shape index (κ2) is 8.32. The van der Waals surface area contributed by atoms with Crippen LogP contribution in [0.15, 0.2) is 24.3 Å². The molecular weight excluding hydrogens is 340 g/mol. The summed E-state index contributed by atoms with van der Waals surface area (Å²) in [7, 11) is 0. The van der Waals surface area contributed by atoms with Crippen molar-refractivity contribution in [3.63, 3.8) is 0 Å². The number of unbranched alkanes of at least 4 members (excludes halogenated alkanes) is 2. The van der Waals surface area contributed by atoms with Crippen LogP contribution in [-0.2, 0) is 9.59 Å². The molecule has 0 spiro atoms. The van der Waals surface area contributed by atoms with Crippen LogP contribution in [0.25, 0.3) is 0 Å². The van der Waals surface area contributed by atoms with E-state index in [-0.39, 0.29) is 36.2 Å². The number of benzene rings is 1. The zero-order valence-electron chi connectivity index (χ0n) is 17.0. The van der Waals surface area contributed by atoms with Crippen LogP contribution in [0.3, 0.4) is 0 Å². The number of nitrogens with zero attached hydrogens (tertiary/aromatic N) is 2. The molecule has 2 heterocycles. The van der Waals surface area contributed by atoms with Gasteiger partial charge in [0, 0.05) is 18.0 Å². The van der Waals surface area contributed by atoms with Crippen molar-refractivity contribution in [2.24, 2.45) is 11.8 Å². The number of para-hydroxylation sites is 1. The van der Waals surface area contributed by atoms with E-state index in [0.717, 1.165) is 30.6 Å². The van der Waals surface area contributed by atoms with Gasteiger partial charge >= 0.3 is 0 Å². The van der Waals surface area contributed by atoms with E-state index in [2.05, 4.69) is 13.8 Å². The summed E-state index contributed by atoms with van der Waals surface area (Å²) in [5.74, 6) is 1.19. The summed E-state index contributed by atoms with van der Waals surface area (Å²) in [6, 6.07) is 7.38. The third-order valence-electron chi connectivity index (χ3n) is 5.72. The molecule has 1 fully saturated rings. The van der Waals surface area contributed by atoms with Crippen LogP contribution in [0.1, 0.15) is 58.6 Å². The minimum Gasteiger partial charge on any atom is -0.493 e. The van der Waals surface area contributed by atoms with E-state index in [9.17, 15) is 9.59 Å². The molecule has 1 aromatic carbocycles. The van der Waals surface area contributed by atoms with Crippen molar-refractivity contribution in [1.29, 1.82) is 0 Å². The van der Waals surface area contributed by atoms with Crippen molar-refractivity contribution in [2.45, 2.75) is 59.0 Å². The first-order chi connectivity index (χ1) is 13.0. The van der Waals surface area contributed by atoms with E-state index in [0.29, 0.717) is 13.2 Å². The van der Waals surface area contributed by atoms with Gasteiger partial charge in [-0.3, -0.25) is 9.59 Å². The van der Waals surface area contributed by atoms with Crippen LogP contribution < -0.4 is 4.74 Å². The Kier molecular flexibility index (Phi) is 6.08. The number of hydrogen-bond donors (Lipinski definition) is 0. The quantitative estimate of drug-likeness (QED) is 0.717. The molecule has 0 radical (unpaired) electrons. The standard InChI is InChI=1S/C22H32N2O3/c1-5-6-9-12-23-13-19(25)24(20(15(2)3)22(23)26)21-16(4)14-27-18-11-8-7-10-17(18)21/h7-8,10-11,15-16,20-21H,5-6,9,12-14H2,1-4H3/t16-,20+,21+/m1/s1. The molecule has 2 aliphatic heterocycles. The highest BCUT2D eigenvalue weighted by molar-refractivity contribution is 5.95. The average Bonchev–Trinajstić information content (AvgIpc) is 2.64. The number of ether oxygens (including phenoxy) is 1. The molecule has 148 valence electrons. The summed E-state index contributed by atoms with van der Waals surface area (Å²) in [5, 5.41) is 0. The van der Waals surface area contributed by atoms with Crippen molar-refractivity contribution in [2.75, 3.05) is 19.7 Å². The predicted octanol–water partition coefficient (Wildman–Crippen LogP) is 3.64. The maximum absolute atomic E-state index is 13.3. The van der Waals surface area contributed by atoms with Gasteiger partial charge in [-0.2, -0.15) is 0 Å². The SMILES string of the molecule is CCCCCN1CC(=O)N([C@@H]2c3ccccc3OC[C@H]2C)[C@@H](C(C)C)C1=O. The van der Waals surface area contributed by atoms with Crippen LogP contribution in [0.5, 0.6) is 5.75 Å². The Morgan fingerprint density at radius 3 is 2.63 bits per heavy atom. The molecule has 0 saturated carbocycles. The second-order valence-electron chi connectivity index (χ2n) is 8.23. The molecule has 1 aromatic rings. The predicted molar refractivity (Wildman–Crippen MR) is 105 cm³/mol. The first-order valence-electron chi connectivity index (χ1n) is 10.3. The zero-order chi connectivity index (χ0) is 19.6. The summed E-state index contributed by atoms with van der Waals surface area (Å²) < 4.78 is 5.87. The number of hydrogen-bond acceptors (Lipinski definition) is 3. The summed E-state index contributed by atoms with van der Waals surface area (Å²) >= 11 is 0. The molecule has 0 N–H and O–H groups in total. The molecule has 5 nitrogen and oxygen atoms in total. The van der Waals surface area contributed by atoms with Gasteiger partial charge < -0.3 is 14.5 Å². The summed E-state index contributed by atoms with van der Waals surface area (Å²) in [6.45, 7) is 9.75. The lowest BCUT2D eigenvalue weighted by Crippen LogP contribution is -2.63. The summed E-state index contributed by atoms with van der Waals surface area (Å²) in [6.07, 6.45) is 3.14. The Balaban J connectivity index is 1.92. The van der Waals surface area contributed by atoms with Crippen molar-refractivity contribution < 1.29 is 14.3 Å². The van der Waals surface area contributed by atoms with Crippen molar-refractivity contribution in [3.05, 3.63) is 29.8 Å². The highest BCUT2D eigenvalue weighted by atomic mass is 16.5. The Bertz CT molecular complexity index is 688. The van der Waals surface area contributed by atoms with Crippen molar-refractivity contribution in [1.82, 2.24) is 9.80 Å². The minimum absolute atomic E-state index is 0.0540. The number of carbonyl (C=O) groups excluding carboxylic acids is 2. The topological polar surface area (TPSA) is 49.9 Å². The van der Waals surface area contributed by atoms with E-state index in [1.807, 2.05) is 43.0 Å². The molecule has 0 bridgehead atoms. The number of piperazine rings is 1. The molecule has 0 aliphatic carbocycles. The van der Waals surface area contributed by atoms with Gasteiger partial charge in [0.15, 0.2) is 0 Å². The zero-order valence-corrected chi connectivity index (χ0v) is 17.0. The van der Waals surface area contributed by atoms with Crippen molar-refractivity contribution >= 4 is 11.8 Å². The molecular formula is C22H32N2O3. The molecule has 0 aromatic heterocycles. The van der Waals surface area contributed by atoms with Gasteiger partial charge in [-0.15, -0.1) is 0 Å². The molecule has 0 unspecified atom stereocenters. The van der Waals surface area contributed by atoms with E-state index < -0.39 is 6.04 Å². The lowest BCUT2D eigenvalue weighted by atomic mass is 9.86. The van der Waals surface area contributed by atoms with Gasteiger partial charge in [0.25, 0.3) is 0 Å². The van der Waals surface area contributed by atoms with Crippen LogP contribution in [0, 0.1) is 11.8 Å². The largest absolute Gasteiger partial charge is 0.493 e. The van der Waals surface area contributed by atoms with Crippen molar-refractivity contribution in [3.8, 4) is 5.75 Å². The molecule has 27 heavy (non-hydrogen) atoms. The van der Waals surface area contributed by atoms with Crippen LogP contribution in [0.2, 0.25) is 0 Å². The molecule has 2 amide bonds. The van der Waals surface area contributed by atoms with E-state index in [4.69, 9.17) is 4.74 Å². The average molecular weight is 373 g/mol. The van der Waals surface area contributed by atoms with Gasteiger partial charge in [-0.1, -0.05) is 58.7 Å². The first-order valence-corrected chi connectivity index (χ1v) is 10.3. The third-order valence-corrected chi connectivity index (χ3v) is 5.72. The van der Waals surface area contributed by atoms with Crippen LogP contribution >= 0.6 is 0 Å². The fourth-order valence-electron chi connectivity index (χ4n) is 4.36. The van der Waals surface area contributed by atoms with Gasteiger partial charge in [0.1, 0.15) is 11.8 Å². The number of carbonyl (C=O) groups is 2. The molecule has 5 heteroatoms. The number of fused-ring (bicyclic) bond motifs is 1. The summed E-state index contributed by atoms with van der Waals surface area (Å²) in [5.41, 5.74) is 1.02. The molecule has 3 atom stereocenters. The molecule has 1 saturated heterocycles. The Hall–Kier alpha value is -2.04. The van der Waals surface area contributed by atoms with Crippen LogP contribution in [-0.4, -0.2) is 47.4 Å². The Morgan fingerprint density at radius 2 is 1.93 bits per heavy atom. The minimum atomic E-state index is -0.411. The first kappa shape index (κ1) is 19.7. The fourth-order valence-corrected chi connectivity index (χ4v) is 4.36. The third kappa shape index (κ3) is 3.83. The van der Waals surface area contributed by atoms with Gasteiger partial charge in [-0.25, -0.2) is 0 Å². The van der Waals surface area contributed by atoms with E-state index >= 15 is 0 Å². The van der Waals surface area contributed by atoms with E-state index in [1.165, 1.54) is 0 Å². The maximum Gasteiger partial charge on any atom is 0.246 e.